The topological polar surface area (TPSA) is 52.0 Å². The van der Waals surface area contributed by atoms with Crippen LogP contribution in [-0.2, 0) is 0 Å². The zero-order valence-corrected chi connectivity index (χ0v) is 11.3. The lowest BCUT2D eigenvalue weighted by Crippen LogP contribution is -2.27. The average molecular weight is 224 g/mol. The summed E-state index contributed by atoms with van der Waals surface area (Å²) in [7, 11) is 6.18. The minimum atomic E-state index is -0.0962. The quantitative estimate of drug-likeness (QED) is 0.591. The van der Waals surface area contributed by atoms with Crippen LogP contribution in [0.25, 0.3) is 0 Å². The highest BCUT2D eigenvalue weighted by atomic mass is 14.6. The Morgan fingerprint density at radius 3 is 2.19 bits per heavy atom. The summed E-state index contributed by atoms with van der Waals surface area (Å²) in [5.74, 6) is 0. The van der Waals surface area contributed by atoms with Crippen molar-refractivity contribution < 1.29 is 0 Å². The smallest absolute Gasteiger partial charge is 0.0743 e. The van der Waals surface area contributed by atoms with E-state index in [4.69, 9.17) is 19.3 Å². The van der Waals surface area contributed by atoms with Crippen LogP contribution in [0, 0.1) is 0 Å². The molecule has 0 aliphatic heterocycles. The molecule has 0 aliphatic rings. The van der Waals surface area contributed by atoms with Crippen molar-refractivity contribution in [2.75, 3.05) is 0 Å². The lowest BCUT2D eigenvalue weighted by atomic mass is 9.64. The Morgan fingerprint density at radius 1 is 1.12 bits per heavy atom. The van der Waals surface area contributed by atoms with Gasteiger partial charge in [-0.3, -0.25) is 0 Å². The minimum Gasteiger partial charge on any atom is -0.328 e. The van der Waals surface area contributed by atoms with Gasteiger partial charge in [0.05, 0.1) is 7.85 Å². The van der Waals surface area contributed by atoms with Crippen molar-refractivity contribution in [3.8, 4) is 0 Å². The van der Waals surface area contributed by atoms with Crippen molar-refractivity contribution in [3.63, 3.8) is 0 Å². The SMILES string of the molecule is [B]C(C)(CCC)CC(N)CCCC(N)CC. The number of hydrogen-bond acceptors (Lipinski definition) is 2. The standard InChI is InChI=1S/C13H29BN2/c1-4-9-13(3,14)10-12(16)8-6-7-11(15)5-2/h11-12H,4-10,15-16H2,1-3H3. The summed E-state index contributed by atoms with van der Waals surface area (Å²) in [4.78, 5) is 0. The fourth-order valence-electron chi connectivity index (χ4n) is 2.22. The summed E-state index contributed by atoms with van der Waals surface area (Å²) >= 11 is 0. The lowest BCUT2D eigenvalue weighted by molar-refractivity contribution is 0.419. The normalized spacial score (nSPS) is 19.1. The summed E-state index contributed by atoms with van der Waals surface area (Å²) in [6.07, 6.45) is 7.40. The van der Waals surface area contributed by atoms with Crippen molar-refractivity contribution in [2.24, 2.45) is 11.5 Å². The molecule has 0 bridgehead atoms. The highest BCUT2D eigenvalue weighted by Gasteiger charge is 2.19. The van der Waals surface area contributed by atoms with Gasteiger partial charge >= 0.3 is 0 Å². The van der Waals surface area contributed by atoms with Gasteiger partial charge in [-0.1, -0.05) is 45.3 Å². The lowest BCUT2D eigenvalue weighted by Gasteiger charge is -2.28. The molecule has 2 radical (unpaired) electrons. The maximum Gasteiger partial charge on any atom is 0.0743 e. The largest absolute Gasteiger partial charge is 0.328 e. The van der Waals surface area contributed by atoms with E-state index in [-0.39, 0.29) is 11.4 Å². The highest BCUT2D eigenvalue weighted by Crippen LogP contribution is 2.33. The van der Waals surface area contributed by atoms with E-state index in [1.807, 2.05) is 0 Å². The van der Waals surface area contributed by atoms with Crippen LogP contribution >= 0.6 is 0 Å². The van der Waals surface area contributed by atoms with Gasteiger partial charge in [0.15, 0.2) is 0 Å². The molecule has 4 N–H and O–H groups in total. The number of rotatable bonds is 9. The second kappa shape index (κ2) is 8.13. The summed E-state index contributed by atoms with van der Waals surface area (Å²) < 4.78 is 0. The van der Waals surface area contributed by atoms with Crippen LogP contribution in [0.1, 0.15) is 65.7 Å². The predicted octanol–water partition coefficient (Wildman–Crippen LogP) is 2.76. The molecule has 0 rings (SSSR count). The van der Waals surface area contributed by atoms with E-state index >= 15 is 0 Å². The Morgan fingerprint density at radius 2 is 1.69 bits per heavy atom. The van der Waals surface area contributed by atoms with E-state index in [2.05, 4.69) is 20.8 Å². The van der Waals surface area contributed by atoms with Crippen LogP contribution in [-0.4, -0.2) is 19.9 Å². The molecule has 3 heteroatoms. The van der Waals surface area contributed by atoms with Gasteiger partial charge in [-0.05, 0) is 25.7 Å². The van der Waals surface area contributed by atoms with Crippen LogP contribution in [0.15, 0.2) is 0 Å². The molecule has 0 saturated heterocycles. The molecule has 0 aromatic carbocycles. The van der Waals surface area contributed by atoms with E-state index in [9.17, 15) is 0 Å². The third kappa shape index (κ3) is 8.17. The number of nitrogens with two attached hydrogens (primary N) is 2. The predicted molar refractivity (Wildman–Crippen MR) is 73.7 cm³/mol. The fourth-order valence-corrected chi connectivity index (χ4v) is 2.22. The summed E-state index contributed by atoms with van der Waals surface area (Å²) in [6, 6.07) is 0.567. The molecule has 0 heterocycles. The van der Waals surface area contributed by atoms with Gasteiger partial charge < -0.3 is 11.5 Å². The van der Waals surface area contributed by atoms with Crippen molar-refractivity contribution in [3.05, 3.63) is 0 Å². The maximum atomic E-state index is 6.18. The van der Waals surface area contributed by atoms with Crippen molar-refractivity contribution >= 4 is 7.85 Å². The molecular formula is C13H29BN2. The van der Waals surface area contributed by atoms with Crippen molar-refractivity contribution in [2.45, 2.75) is 83.1 Å². The molecule has 0 saturated carbocycles. The van der Waals surface area contributed by atoms with Crippen LogP contribution in [0.2, 0.25) is 5.31 Å². The zero-order chi connectivity index (χ0) is 12.6. The van der Waals surface area contributed by atoms with Crippen LogP contribution in [0.5, 0.6) is 0 Å². The van der Waals surface area contributed by atoms with Gasteiger partial charge in [-0.15, -0.1) is 0 Å². The molecule has 3 atom stereocenters. The van der Waals surface area contributed by atoms with Gasteiger partial charge in [0.25, 0.3) is 0 Å². The molecule has 2 nitrogen and oxygen atoms in total. The van der Waals surface area contributed by atoms with E-state index < -0.39 is 0 Å². The Labute approximate surface area is 103 Å². The Hall–Kier alpha value is -0.0151. The highest BCUT2D eigenvalue weighted by molar-refractivity contribution is 6.14. The van der Waals surface area contributed by atoms with Gasteiger partial charge in [0.1, 0.15) is 0 Å². The van der Waals surface area contributed by atoms with Crippen LogP contribution in [0.3, 0.4) is 0 Å². The van der Waals surface area contributed by atoms with Crippen LogP contribution in [0.4, 0.5) is 0 Å². The Balaban J connectivity index is 3.69. The number of hydrogen-bond donors (Lipinski definition) is 2. The summed E-state index contributed by atoms with van der Waals surface area (Å²) in [5.41, 5.74) is 12.0. The molecule has 0 spiro atoms. The fraction of sp³-hybridized carbons (Fsp3) is 1.00. The Kier molecular flexibility index (Phi) is 8.12. The third-order valence-electron chi connectivity index (χ3n) is 3.22. The molecule has 0 amide bonds. The van der Waals surface area contributed by atoms with E-state index in [0.29, 0.717) is 6.04 Å². The van der Waals surface area contributed by atoms with Gasteiger partial charge in [-0.2, -0.15) is 0 Å². The zero-order valence-electron chi connectivity index (χ0n) is 11.3. The molecule has 94 valence electrons. The molecule has 0 fully saturated rings. The first-order valence-electron chi connectivity index (χ1n) is 6.71. The first-order valence-corrected chi connectivity index (χ1v) is 6.71. The monoisotopic (exact) mass is 224 g/mol. The van der Waals surface area contributed by atoms with Gasteiger partial charge in [-0.25, -0.2) is 0 Å². The maximum absolute atomic E-state index is 6.18. The second-order valence-corrected chi connectivity index (χ2v) is 5.47. The van der Waals surface area contributed by atoms with E-state index in [1.54, 1.807) is 0 Å². The van der Waals surface area contributed by atoms with E-state index in [1.165, 1.54) is 0 Å². The Bertz CT molecular complexity index is 171. The molecule has 16 heavy (non-hydrogen) atoms. The summed E-state index contributed by atoms with van der Waals surface area (Å²) in [6.45, 7) is 6.40. The average Bonchev–Trinajstić information content (AvgIpc) is 2.16. The first-order chi connectivity index (χ1) is 7.41. The van der Waals surface area contributed by atoms with Crippen LogP contribution < -0.4 is 11.5 Å². The van der Waals surface area contributed by atoms with Gasteiger partial charge in [0, 0.05) is 12.1 Å². The molecule has 0 aromatic rings. The van der Waals surface area contributed by atoms with Crippen molar-refractivity contribution in [1.29, 1.82) is 0 Å². The third-order valence-corrected chi connectivity index (χ3v) is 3.22. The molecule has 0 aromatic heterocycles. The van der Waals surface area contributed by atoms with Gasteiger partial charge in [0.2, 0.25) is 0 Å². The summed E-state index contributed by atoms with van der Waals surface area (Å²) in [5, 5.41) is -0.0962. The van der Waals surface area contributed by atoms with E-state index in [0.717, 1.165) is 44.9 Å². The first kappa shape index (κ1) is 16.0. The minimum absolute atomic E-state index is 0.0962. The van der Waals surface area contributed by atoms with Crippen molar-refractivity contribution in [1.82, 2.24) is 0 Å². The molecule has 3 unspecified atom stereocenters. The second-order valence-electron chi connectivity index (χ2n) is 5.47. The molecular weight excluding hydrogens is 195 g/mol. The molecule has 0 aliphatic carbocycles.